The molecule has 3 aliphatic rings. The monoisotopic (exact) mass is 443 g/mol. The van der Waals surface area contributed by atoms with Crippen LogP contribution >= 0.6 is 0 Å². The van der Waals surface area contributed by atoms with Crippen LogP contribution in [0.3, 0.4) is 0 Å². The van der Waals surface area contributed by atoms with Crippen LogP contribution in [0.1, 0.15) is 70.2 Å². The molecule has 1 N–H and O–H groups in total. The minimum absolute atomic E-state index is 0.0994. The topological polar surface area (TPSA) is 56.2 Å². The van der Waals surface area contributed by atoms with Gasteiger partial charge in [0.1, 0.15) is 5.60 Å². The number of piperidine rings is 1. The van der Waals surface area contributed by atoms with Gasteiger partial charge in [-0.15, -0.1) is 0 Å². The summed E-state index contributed by atoms with van der Waals surface area (Å²) >= 11 is 0. The number of aryl methyl sites for hydroxylation is 1. The third-order valence-electron chi connectivity index (χ3n) is 7.70. The summed E-state index contributed by atoms with van der Waals surface area (Å²) in [7, 11) is 0. The van der Waals surface area contributed by atoms with E-state index in [-0.39, 0.29) is 23.8 Å². The quantitative estimate of drug-likeness (QED) is 0.755. The maximum absolute atomic E-state index is 12.5. The largest absolute Gasteiger partial charge is 0.444 e. The molecule has 0 unspecified atom stereocenters. The molecular formula is C26H41N3O3. The number of ether oxygens (including phenoxy) is 1. The number of fused-ring (bicyclic) bond motifs is 1. The highest BCUT2D eigenvalue weighted by atomic mass is 16.6. The van der Waals surface area contributed by atoms with Crippen LogP contribution in [0.15, 0.2) is 18.2 Å². The minimum atomic E-state index is -0.453. The van der Waals surface area contributed by atoms with Gasteiger partial charge in [0.2, 0.25) is 0 Å². The van der Waals surface area contributed by atoms with Gasteiger partial charge in [-0.3, -0.25) is 9.80 Å². The smallest absolute Gasteiger partial charge is 0.410 e. The Labute approximate surface area is 193 Å². The van der Waals surface area contributed by atoms with Crippen molar-refractivity contribution in [3.8, 4) is 0 Å². The van der Waals surface area contributed by atoms with E-state index in [1.165, 1.54) is 16.7 Å². The van der Waals surface area contributed by atoms with Crippen LogP contribution in [0, 0.1) is 6.92 Å². The van der Waals surface area contributed by atoms with Crippen molar-refractivity contribution < 1.29 is 14.6 Å². The van der Waals surface area contributed by atoms with Gasteiger partial charge in [-0.1, -0.05) is 23.8 Å². The van der Waals surface area contributed by atoms with Crippen molar-refractivity contribution in [3.63, 3.8) is 0 Å². The second-order valence-corrected chi connectivity index (χ2v) is 11.4. The van der Waals surface area contributed by atoms with Crippen molar-refractivity contribution in [2.45, 2.75) is 90.1 Å². The molecule has 0 aromatic heterocycles. The molecule has 1 aliphatic carbocycles. The van der Waals surface area contributed by atoms with E-state index in [0.29, 0.717) is 6.04 Å². The second kappa shape index (κ2) is 8.62. The van der Waals surface area contributed by atoms with Gasteiger partial charge in [0.05, 0.1) is 12.1 Å². The highest BCUT2D eigenvalue weighted by Crippen LogP contribution is 2.40. The molecule has 2 saturated heterocycles. The Balaban J connectivity index is 1.38. The van der Waals surface area contributed by atoms with Crippen molar-refractivity contribution in [3.05, 3.63) is 34.9 Å². The van der Waals surface area contributed by atoms with E-state index in [9.17, 15) is 9.90 Å². The van der Waals surface area contributed by atoms with Gasteiger partial charge < -0.3 is 14.7 Å². The van der Waals surface area contributed by atoms with Crippen molar-refractivity contribution in [2.24, 2.45) is 0 Å². The average Bonchev–Trinajstić information content (AvgIpc) is 3.01. The lowest BCUT2D eigenvalue weighted by Gasteiger charge is -2.52. The van der Waals surface area contributed by atoms with Crippen molar-refractivity contribution in [2.75, 3.05) is 32.7 Å². The molecule has 0 saturated carbocycles. The fourth-order valence-electron chi connectivity index (χ4n) is 5.83. The number of carbonyl (C=O) groups excluding carboxylic acids is 1. The van der Waals surface area contributed by atoms with Crippen LogP contribution in [-0.2, 0) is 11.2 Å². The summed E-state index contributed by atoms with van der Waals surface area (Å²) in [5.74, 6) is 0. The first-order valence-corrected chi connectivity index (χ1v) is 12.2. The zero-order valence-corrected chi connectivity index (χ0v) is 20.7. The first-order chi connectivity index (χ1) is 15.0. The lowest BCUT2D eigenvalue weighted by Crippen LogP contribution is -2.62. The van der Waals surface area contributed by atoms with E-state index in [1.54, 1.807) is 0 Å². The van der Waals surface area contributed by atoms with Gasteiger partial charge in [0.25, 0.3) is 0 Å². The Hall–Kier alpha value is -1.63. The molecule has 2 heterocycles. The van der Waals surface area contributed by atoms with E-state index >= 15 is 0 Å². The molecule has 1 aromatic carbocycles. The average molecular weight is 444 g/mol. The third kappa shape index (κ3) is 4.68. The minimum Gasteiger partial charge on any atom is -0.444 e. The van der Waals surface area contributed by atoms with E-state index in [4.69, 9.17) is 4.74 Å². The summed E-state index contributed by atoms with van der Waals surface area (Å²) in [6.07, 6.45) is 2.17. The Bertz CT molecular complexity index is 841. The highest BCUT2D eigenvalue weighted by molar-refractivity contribution is 5.68. The maximum atomic E-state index is 12.5. The Kier molecular flexibility index (Phi) is 6.34. The maximum Gasteiger partial charge on any atom is 0.410 e. The SMILES string of the molecule is Cc1ccc2c(c1)C[C@@H](O)[C@@H]2N1CCN(C2(C)CCN(C(=O)OC(C)(C)C)CC2)C[C@@H]1C. The van der Waals surface area contributed by atoms with Gasteiger partial charge in [0.15, 0.2) is 0 Å². The molecule has 0 bridgehead atoms. The number of amides is 1. The predicted molar refractivity (Wildman–Crippen MR) is 127 cm³/mol. The van der Waals surface area contributed by atoms with Gasteiger partial charge in [-0.05, 0) is 65.5 Å². The lowest BCUT2D eigenvalue weighted by atomic mass is 9.86. The number of carbonyl (C=O) groups is 1. The third-order valence-corrected chi connectivity index (χ3v) is 7.70. The summed E-state index contributed by atoms with van der Waals surface area (Å²) < 4.78 is 5.57. The number of piperazine rings is 1. The van der Waals surface area contributed by atoms with Crippen LogP contribution in [0.25, 0.3) is 0 Å². The highest BCUT2D eigenvalue weighted by Gasteiger charge is 2.44. The predicted octanol–water partition coefficient (Wildman–Crippen LogP) is 3.75. The van der Waals surface area contributed by atoms with Crippen LogP contribution in [-0.4, -0.2) is 81.9 Å². The number of aliphatic hydroxyl groups excluding tert-OH is 1. The van der Waals surface area contributed by atoms with E-state index in [0.717, 1.165) is 52.0 Å². The van der Waals surface area contributed by atoms with Crippen LogP contribution in [0.5, 0.6) is 0 Å². The van der Waals surface area contributed by atoms with Crippen LogP contribution in [0.2, 0.25) is 0 Å². The number of nitrogens with zero attached hydrogens (tertiary/aromatic N) is 3. The van der Waals surface area contributed by atoms with E-state index < -0.39 is 5.60 Å². The lowest BCUT2D eigenvalue weighted by molar-refractivity contribution is -0.0526. The summed E-state index contributed by atoms with van der Waals surface area (Å²) in [5.41, 5.74) is 3.52. The van der Waals surface area contributed by atoms with Crippen molar-refractivity contribution in [1.82, 2.24) is 14.7 Å². The molecule has 0 spiro atoms. The fourth-order valence-corrected chi connectivity index (χ4v) is 5.83. The summed E-state index contributed by atoms with van der Waals surface area (Å²) in [6.45, 7) is 17.0. The molecule has 6 nitrogen and oxygen atoms in total. The Morgan fingerprint density at radius 1 is 1.16 bits per heavy atom. The molecule has 4 rings (SSSR count). The molecule has 1 amide bonds. The molecule has 1 aromatic rings. The first-order valence-electron chi connectivity index (χ1n) is 12.2. The molecule has 0 radical (unpaired) electrons. The number of hydrogen-bond donors (Lipinski definition) is 1. The number of likely N-dealkylation sites (tertiary alicyclic amines) is 1. The molecule has 2 fully saturated rings. The fraction of sp³-hybridized carbons (Fsp3) is 0.731. The number of hydrogen-bond acceptors (Lipinski definition) is 5. The standard InChI is InChI=1S/C26H41N3O3/c1-18-7-8-21-20(15-18)16-22(30)23(21)29-14-13-28(17-19(29)2)26(6)9-11-27(12-10-26)24(31)32-25(3,4)5/h7-8,15,19,22-23,30H,9-14,16-17H2,1-6H3/t19-,22+,23+/m0/s1. The van der Waals surface area contributed by atoms with Gasteiger partial charge in [-0.25, -0.2) is 4.79 Å². The second-order valence-electron chi connectivity index (χ2n) is 11.4. The summed E-state index contributed by atoms with van der Waals surface area (Å²) in [4.78, 5) is 19.5. The van der Waals surface area contributed by atoms with Gasteiger partial charge in [-0.2, -0.15) is 0 Å². The van der Waals surface area contributed by atoms with Crippen molar-refractivity contribution >= 4 is 6.09 Å². The van der Waals surface area contributed by atoms with Gasteiger partial charge in [0, 0.05) is 50.7 Å². The molecule has 32 heavy (non-hydrogen) atoms. The molecule has 178 valence electrons. The zero-order valence-electron chi connectivity index (χ0n) is 20.7. The van der Waals surface area contributed by atoms with Crippen LogP contribution < -0.4 is 0 Å². The number of aliphatic hydroxyl groups is 1. The molecule has 6 heteroatoms. The van der Waals surface area contributed by atoms with E-state index in [1.807, 2.05) is 25.7 Å². The van der Waals surface area contributed by atoms with Gasteiger partial charge >= 0.3 is 6.09 Å². The summed E-state index contributed by atoms with van der Waals surface area (Å²) in [5, 5.41) is 10.9. The Morgan fingerprint density at radius 3 is 2.47 bits per heavy atom. The van der Waals surface area contributed by atoms with Crippen LogP contribution in [0.4, 0.5) is 4.79 Å². The first kappa shape index (κ1) is 23.5. The number of rotatable bonds is 2. The Morgan fingerprint density at radius 2 is 1.84 bits per heavy atom. The van der Waals surface area contributed by atoms with E-state index in [2.05, 4.69) is 48.8 Å². The van der Waals surface area contributed by atoms with Crippen molar-refractivity contribution in [1.29, 1.82) is 0 Å². The molecule has 3 atom stereocenters. The zero-order chi connectivity index (χ0) is 23.3. The molecule has 2 aliphatic heterocycles. The number of benzene rings is 1. The molecular weight excluding hydrogens is 402 g/mol. The summed E-state index contributed by atoms with van der Waals surface area (Å²) in [6, 6.07) is 7.10. The normalized spacial score (nSPS) is 29.1.